The Bertz CT molecular complexity index is 2630. The van der Waals surface area contributed by atoms with Crippen LogP contribution >= 0.6 is 23.2 Å². The maximum atomic E-state index is 16.2. The van der Waals surface area contributed by atoms with Gasteiger partial charge in [0.1, 0.15) is 17.4 Å². The molecule has 4 aromatic rings. The van der Waals surface area contributed by atoms with Crippen molar-refractivity contribution in [2.75, 3.05) is 18.4 Å². The fourth-order valence-electron chi connectivity index (χ4n) is 10.5. The molecule has 4 N–H and O–H groups in total. The van der Waals surface area contributed by atoms with Gasteiger partial charge in [0.15, 0.2) is 0 Å². The van der Waals surface area contributed by atoms with Gasteiger partial charge in [0.25, 0.3) is 11.8 Å². The lowest BCUT2D eigenvalue weighted by atomic mass is 9.73. The number of hydrogen-bond donors (Lipinski definition) is 4. The van der Waals surface area contributed by atoms with Crippen LogP contribution in [0.15, 0.2) is 78.9 Å². The summed E-state index contributed by atoms with van der Waals surface area (Å²) in [5.41, 5.74) is 4.19. The van der Waals surface area contributed by atoms with Crippen LogP contribution < -0.4 is 21.3 Å². The van der Waals surface area contributed by atoms with Gasteiger partial charge in [-0.15, -0.1) is 0 Å². The first-order valence-corrected chi connectivity index (χ1v) is 22.0. The normalized spacial score (nSPS) is 26.2. The SMILES string of the molecule is O=C1CCC(N2Cc3c(C#CCCCNC(=O)c4ccc([C@H]5C[C@H]6[C@@H](N5)[C@H](c5cccc(Cl)c5F)[C@]5(C(=O)Nc7cc(Cl)ccc75)N6CC5CC5)cc4)cccc3C2=O)C(=O)N1. The number of carbonyl (C=O) groups is 5. The average molecular weight is 874 g/mol. The molecule has 6 atom stereocenters. The van der Waals surface area contributed by atoms with E-state index in [0.717, 1.165) is 35.1 Å². The fourth-order valence-corrected chi connectivity index (χ4v) is 10.9. The molecular weight excluding hydrogens is 830 g/mol. The molecule has 1 unspecified atom stereocenters. The van der Waals surface area contributed by atoms with Crippen LogP contribution in [0.1, 0.15) is 105 Å². The van der Waals surface area contributed by atoms with Gasteiger partial charge in [-0.25, -0.2) is 4.39 Å². The molecular formula is C48H43Cl2FN6O5. The molecule has 0 bridgehead atoms. The second-order valence-corrected chi connectivity index (χ2v) is 18.0. The predicted molar refractivity (Wildman–Crippen MR) is 231 cm³/mol. The third-order valence-corrected chi connectivity index (χ3v) is 14.1. The molecule has 1 spiro atoms. The second kappa shape index (κ2) is 16.0. The van der Waals surface area contributed by atoms with Gasteiger partial charge >= 0.3 is 0 Å². The number of amides is 5. The molecule has 3 saturated heterocycles. The number of hydrogen-bond acceptors (Lipinski definition) is 7. The maximum absolute atomic E-state index is 16.2. The summed E-state index contributed by atoms with van der Waals surface area (Å²) in [6.07, 6.45) is 4.46. The van der Waals surface area contributed by atoms with E-state index in [-0.39, 0.29) is 59.7 Å². The molecule has 62 heavy (non-hydrogen) atoms. The van der Waals surface area contributed by atoms with E-state index < -0.39 is 29.2 Å². The van der Waals surface area contributed by atoms with E-state index in [0.29, 0.717) is 72.1 Å². The molecule has 6 aliphatic rings. The quantitative estimate of drug-likeness (QED) is 0.0847. The molecule has 11 nitrogen and oxygen atoms in total. The van der Waals surface area contributed by atoms with Crippen LogP contribution in [0.25, 0.3) is 0 Å². The standard InChI is InChI=1S/C48H43Cl2FN6O5/c49-30-17-18-34-37(22-30)54-47(62)48(34)41(32-9-5-10-35(50)42(32)51)43-39(57(48)24-26-11-12-26)23-36(53-43)28-13-15-29(16-14-28)44(59)52-21-3-1-2-6-27-7-4-8-31-33(27)25-56(46(31)61)38-19-20-40(58)55-45(38)60/h4-5,7-10,13-18,22,26,36,38-39,41,43,53H,1,3,11-12,19-21,23-25H2,(H,52,59)(H,54,62)(H,55,58,60)/t36-,38?,39+,41+,43-,48-/m1/s1. The van der Waals surface area contributed by atoms with Crippen LogP contribution in [0, 0.1) is 23.6 Å². The number of fused-ring (bicyclic) bond motifs is 4. The zero-order chi connectivity index (χ0) is 42.9. The molecule has 316 valence electrons. The summed E-state index contributed by atoms with van der Waals surface area (Å²) in [4.78, 5) is 68.8. The molecule has 5 aliphatic heterocycles. The summed E-state index contributed by atoms with van der Waals surface area (Å²) in [6.45, 7) is 1.38. The fraction of sp³-hybridized carbons (Fsp3) is 0.354. The minimum Gasteiger partial charge on any atom is -0.352 e. The van der Waals surface area contributed by atoms with Crippen molar-refractivity contribution in [3.8, 4) is 11.8 Å². The van der Waals surface area contributed by atoms with Crippen molar-refractivity contribution >= 4 is 58.4 Å². The molecule has 5 heterocycles. The summed E-state index contributed by atoms with van der Waals surface area (Å²) >= 11 is 12.8. The highest BCUT2D eigenvalue weighted by molar-refractivity contribution is 6.31. The average Bonchev–Trinajstić information content (AvgIpc) is 3.66. The first kappa shape index (κ1) is 40.5. The number of unbranched alkanes of at least 4 members (excludes halogenated alkanes) is 1. The Hall–Kier alpha value is -5.58. The number of anilines is 1. The first-order chi connectivity index (χ1) is 30.0. The number of benzene rings is 4. The van der Waals surface area contributed by atoms with E-state index in [1.54, 1.807) is 36.4 Å². The lowest BCUT2D eigenvalue weighted by Crippen LogP contribution is -2.53. The van der Waals surface area contributed by atoms with Crippen molar-refractivity contribution < 1.29 is 28.4 Å². The zero-order valence-corrected chi connectivity index (χ0v) is 35.1. The number of carbonyl (C=O) groups excluding carboxylic acids is 5. The smallest absolute Gasteiger partial charge is 0.255 e. The van der Waals surface area contributed by atoms with Gasteiger partial charge < -0.3 is 20.9 Å². The summed E-state index contributed by atoms with van der Waals surface area (Å²) in [5, 5.41) is 12.8. The van der Waals surface area contributed by atoms with Crippen LogP contribution in [0.2, 0.25) is 10.0 Å². The van der Waals surface area contributed by atoms with E-state index in [1.165, 1.54) is 11.0 Å². The topological polar surface area (TPSA) is 140 Å². The Morgan fingerprint density at radius 2 is 1.76 bits per heavy atom. The third kappa shape index (κ3) is 6.86. The van der Waals surface area contributed by atoms with Gasteiger partial charge in [-0.2, -0.15) is 0 Å². The molecule has 1 aliphatic carbocycles. The van der Waals surface area contributed by atoms with Crippen molar-refractivity contribution in [3.63, 3.8) is 0 Å². The highest BCUT2D eigenvalue weighted by Gasteiger charge is 2.69. The van der Waals surface area contributed by atoms with Crippen molar-refractivity contribution in [1.82, 2.24) is 25.8 Å². The monoisotopic (exact) mass is 872 g/mol. The Balaban J connectivity index is 0.802. The predicted octanol–water partition coefficient (Wildman–Crippen LogP) is 6.58. The highest BCUT2D eigenvalue weighted by Crippen LogP contribution is 2.61. The lowest BCUT2D eigenvalue weighted by molar-refractivity contribution is -0.137. The Morgan fingerprint density at radius 3 is 2.55 bits per heavy atom. The minimum atomic E-state index is -1.17. The Labute approximate surface area is 368 Å². The zero-order valence-electron chi connectivity index (χ0n) is 33.6. The van der Waals surface area contributed by atoms with Crippen LogP contribution in [0.4, 0.5) is 10.1 Å². The van der Waals surface area contributed by atoms with Gasteiger partial charge in [-0.05, 0) is 97.2 Å². The van der Waals surface area contributed by atoms with Crippen molar-refractivity contribution in [3.05, 3.63) is 134 Å². The molecule has 4 fully saturated rings. The van der Waals surface area contributed by atoms with E-state index in [1.807, 2.05) is 36.4 Å². The summed E-state index contributed by atoms with van der Waals surface area (Å²) in [5.74, 6) is 4.26. The number of nitrogens with one attached hydrogen (secondary N) is 4. The van der Waals surface area contributed by atoms with Crippen LogP contribution in [0.5, 0.6) is 0 Å². The Morgan fingerprint density at radius 1 is 0.952 bits per heavy atom. The van der Waals surface area contributed by atoms with Crippen molar-refractivity contribution in [2.45, 2.75) is 87.1 Å². The molecule has 14 heteroatoms. The lowest BCUT2D eigenvalue weighted by Gasteiger charge is -2.41. The van der Waals surface area contributed by atoms with Crippen molar-refractivity contribution in [1.29, 1.82) is 0 Å². The van der Waals surface area contributed by atoms with E-state index in [4.69, 9.17) is 23.2 Å². The van der Waals surface area contributed by atoms with E-state index in [9.17, 15) is 24.0 Å². The van der Waals surface area contributed by atoms with Gasteiger partial charge in [0.2, 0.25) is 17.7 Å². The van der Waals surface area contributed by atoms with Crippen molar-refractivity contribution in [2.24, 2.45) is 5.92 Å². The molecule has 0 aromatic heterocycles. The second-order valence-electron chi connectivity index (χ2n) is 17.2. The molecule has 10 rings (SSSR count). The van der Waals surface area contributed by atoms with Crippen LogP contribution in [-0.2, 0) is 26.5 Å². The number of nitrogens with zero attached hydrogens (tertiary/aromatic N) is 2. The minimum absolute atomic E-state index is 0.0105. The highest BCUT2D eigenvalue weighted by atomic mass is 35.5. The molecule has 1 saturated carbocycles. The number of imide groups is 1. The first-order valence-electron chi connectivity index (χ1n) is 21.2. The third-order valence-electron chi connectivity index (χ3n) is 13.5. The maximum Gasteiger partial charge on any atom is 0.255 e. The van der Waals surface area contributed by atoms with Gasteiger partial charge in [-0.3, -0.25) is 34.2 Å². The number of rotatable bonds is 9. The van der Waals surface area contributed by atoms with Gasteiger partial charge in [0.05, 0.1) is 5.02 Å². The number of likely N-dealkylation sites (tertiary alicyclic amines) is 1. The summed E-state index contributed by atoms with van der Waals surface area (Å²) in [6, 6.07) is 22.2. The molecule has 4 aromatic carbocycles. The number of piperidine rings is 1. The van der Waals surface area contributed by atoms with Crippen LogP contribution in [0.3, 0.4) is 0 Å². The molecule has 5 amide bonds. The van der Waals surface area contributed by atoms with Gasteiger partial charge in [-0.1, -0.05) is 71.4 Å². The largest absolute Gasteiger partial charge is 0.352 e. The Kier molecular flexibility index (Phi) is 10.4. The summed E-state index contributed by atoms with van der Waals surface area (Å²) < 4.78 is 16.2. The summed E-state index contributed by atoms with van der Waals surface area (Å²) in [7, 11) is 0. The van der Waals surface area contributed by atoms with Gasteiger partial charge in [0, 0.05) is 89.5 Å². The van der Waals surface area contributed by atoms with Crippen LogP contribution in [-0.4, -0.2) is 70.6 Å². The van der Waals surface area contributed by atoms with E-state index in [2.05, 4.69) is 38.0 Å². The molecule has 0 radical (unpaired) electrons. The number of halogens is 3. The van der Waals surface area contributed by atoms with E-state index >= 15 is 4.39 Å².